The van der Waals surface area contributed by atoms with Gasteiger partial charge in [-0.3, -0.25) is 0 Å². The highest BCUT2D eigenvalue weighted by Crippen LogP contribution is 2.30. The van der Waals surface area contributed by atoms with Crippen molar-refractivity contribution in [3.63, 3.8) is 0 Å². The molecule has 27 heavy (non-hydrogen) atoms. The van der Waals surface area contributed by atoms with Crippen molar-refractivity contribution in [2.24, 2.45) is 0 Å². The van der Waals surface area contributed by atoms with Crippen LogP contribution in [0.2, 0.25) is 0 Å². The number of alkyl halides is 3. The van der Waals surface area contributed by atoms with E-state index in [1.807, 2.05) is 4.90 Å². The molecule has 3 heterocycles. The monoisotopic (exact) mass is 386 g/mol. The molecule has 150 valence electrons. The van der Waals surface area contributed by atoms with Crippen molar-refractivity contribution < 1.29 is 18.0 Å². The van der Waals surface area contributed by atoms with Crippen molar-refractivity contribution in [1.82, 2.24) is 19.8 Å². The molecule has 1 atom stereocenters. The van der Waals surface area contributed by atoms with E-state index >= 15 is 0 Å². The van der Waals surface area contributed by atoms with Gasteiger partial charge in [-0.1, -0.05) is 0 Å². The van der Waals surface area contributed by atoms with Gasteiger partial charge < -0.3 is 20.0 Å². The summed E-state index contributed by atoms with van der Waals surface area (Å²) in [7, 11) is 3.26. The summed E-state index contributed by atoms with van der Waals surface area (Å²) in [5.74, 6) is 0.120. The first-order valence-corrected chi connectivity index (χ1v) is 9.18. The van der Waals surface area contributed by atoms with Crippen LogP contribution in [0, 0.1) is 0 Å². The molecular weight excluding hydrogens is 361 g/mol. The van der Waals surface area contributed by atoms with E-state index in [2.05, 4.69) is 15.3 Å². The van der Waals surface area contributed by atoms with Gasteiger partial charge in [-0.25, -0.2) is 9.78 Å². The zero-order valence-corrected chi connectivity index (χ0v) is 15.6. The average molecular weight is 386 g/mol. The number of piperidine rings is 1. The molecule has 1 unspecified atom stereocenters. The van der Waals surface area contributed by atoms with Gasteiger partial charge in [-0.2, -0.15) is 18.2 Å². The van der Waals surface area contributed by atoms with E-state index < -0.39 is 11.9 Å². The van der Waals surface area contributed by atoms with Crippen LogP contribution in [0.4, 0.5) is 29.7 Å². The second-order valence-electron chi connectivity index (χ2n) is 7.23. The van der Waals surface area contributed by atoms with Crippen LogP contribution >= 0.6 is 0 Å². The molecule has 1 N–H and O–H groups in total. The van der Waals surface area contributed by atoms with Crippen LogP contribution < -0.4 is 10.2 Å². The van der Waals surface area contributed by atoms with Gasteiger partial charge in [-0.05, 0) is 25.7 Å². The fraction of sp³-hybridized carbons (Fsp3) is 0.706. The Morgan fingerprint density at radius 1 is 1.15 bits per heavy atom. The van der Waals surface area contributed by atoms with Crippen LogP contribution in [0.25, 0.3) is 0 Å². The lowest BCUT2D eigenvalue weighted by molar-refractivity contribution is -0.141. The standard InChI is InChI=1S/C17H25F3N6O/c1-24(2)14-10-13(17(18,19)20)22-15(23-14)21-12-6-5-9-26(11-12)16(27)25-7-3-4-8-25/h10,12H,3-9,11H2,1-2H3,(H,21,22,23). The topological polar surface area (TPSA) is 64.6 Å². The number of nitrogens with zero attached hydrogens (tertiary/aromatic N) is 5. The van der Waals surface area contributed by atoms with Crippen molar-refractivity contribution in [1.29, 1.82) is 0 Å². The van der Waals surface area contributed by atoms with Gasteiger partial charge in [0.2, 0.25) is 5.95 Å². The molecule has 2 aliphatic heterocycles. The molecule has 2 aliphatic rings. The quantitative estimate of drug-likeness (QED) is 0.865. The highest BCUT2D eigenvalue weighted by molar-refractivity contribution is 5.75. The molecule has 10 heteroatoms. The number of carbonyl (C=O) groups excluding carboxylic acids is 1. The van der Waals surface area contributed by atoms with E-state index in [-0.39, 0.29) is 23.8 Å². The fourth-order valence-electron chi connectivity index (χ4n) is 3.43. The number of likely N-dealkylation sites (tertiary alicyclic amines) is 2. The summed E-state index contributed by atoms with van der Waals surface area (Å²) in [5.41, 5.74) is -0.982. The molecule has 1 aromatic heterocycles. The van der Waals surface area contributed by atoms with Gasteiger partial charge in [0.05, 0.1) is 0 Å². The van der Waals surface area contributed by atoms with Gasteiger partial charge in [0.1, 0.15) is 5.82 Å². The molecule has 0 spiro atoms. The zero-order valence-electron chi connectivity index (χ0n) is 15.6. The number of hydrogen-bond acceptors (Lipinski definition) is 5. The highest BCUT2D eigenvalue weighted by atomic mass is 19.4. The smallest absolute Gasteiger partial charge is 0.363 e. The fourth-order valence-corrected chi connectivity index (χ4v) is 3.43. The van der Waals surface area contributed by atoms with E-state index in [1.165, 1.54) is 4.90 Å². The van der Waals surface area contributed by atoms with Gasteiger partial charge in [0, 0.05) is 52.4 Å². The first-order chi connectivity index (χ1) is 12.7. The van der Waals surface area contributed by atoms with Crippen molar-refractivity contribution in [2.75, 3.05) is 50.5 Å². The average Bonchev–Trinajstić information content (AvgIpc) is 3.15. The van der Waals surface area contributed by atoms with E-state index in [4.69, 9.17) is 0 Å². The molecule has 2 saturated heterocycles. The lowest BCUT2D eigenvalue weighted by atomic mass is 10.1. The summed E-state index contributed by atoms with van der Waals surface area (Å²) in [6, 6.07) is 0.761. The van der Waals surface area contributed by atoms with Gasteiger partial charge in [0.25, 0.3) is 0 Å². The third-order valence-electron chi connectivity index (χ3n) is 4.86. The maximum absolute atomic E-state index is 13.1. The SMILES string of the molecule is CN(C)c1cc(C(F)(F)F)nc(NC2CCCN(C(=O)N3CCCC3)C2)n1. The molecule has 0 bridgehead atoms. The number of carbonyl (C=O) groups is 1. The zero-order chi connectivity index (χ0) is 19.6. The second kappa shape index (κ2) is 7.77. The second-order valence-corrected chi connectivity index (χ2v) is 7.23. The Morgan fingerprint density at radius 3 is 2.44 bits per heavy atom. The predicted molar refractivity (Wildman–Crippen MR) is 95.8 cm³/mol. The summed E-state index contributed by atoms with van der Waals surface area (Å²) < 4.78 is 39.4. The Hall–Kier alpha value is -2.26. The van der Waals surface area contributed by atoms with Gasteiger partial charge in [-0.15, -0.1) is 0 Å². The molecule has 7 nitrogen and oxygen atoms in total. The summed E-state index contributed by atoms with van der Waals surface area (Å²) in [5, 5.41) is 3.00. The number of urea groups is 1. The molecular formula is C17H25F3N6O. The third-order valence-corrected chi connectivity index (χ3v) is 4.86. The number of halogens is 3. The Kier molecular flexibility index (Phi) is 5.61. The number of aromatic nitrogens is 2. The summed E-state index contributed by atoms with van der Waals surface area (Å²) >= 11 is 0. The molecule has 3 rings (SSSR count). The van der Waals surface area contributed by atoms with Crippen LogP contribution in [0.3, 0.4) is 0 Å². The van der Waals surface area contributed by atoms with Crippen LogP contribution in [0.1, 0.15) is 31.4 Å². The lowest BCUT2D eigenvalue weighted by Crippen LogP contribution is -2.50. The molecule has 2 amide bonds. The predicted octanol–water partition coefficient (Wildman–Crippen LogP) is 2.65. The van der Waals surface area contributed by atoms with Crippen LogP contribution in [-0.4, -0.2) is 72.1 Å². The molecule has 0 aliphatic carbocycles. The van der Waals surface area contributed by atoms with Crippen LogP contribution in [0.5, 0.6) is 0 Å². The Labute approximate surface area is 156 Å². The minimum atomic E-state index is -4.55. The number of rotatable bonds is 3. The first-order valence-electron chi connectivity index (χ1n) is 9.18. The molecule has 0 saturated carbocycles. The number of hydrogen-bond donors (Lipinski definition) is 1. The summed E-state index contributed by atoms with van der Waals surface area (Å²) in [6.45, 7) is 2.65. The molecule has 0 aromatic carbocycles. The number of amides is 2. The van der Waals surface area contributed by atoms with Crippen molar-refractivity contribution >= 4 is 17.8 Å². The Morgan fingerprint density at radius 2 is 1.81 bits per heavy atom. The maximum Gasteiger partial charge on any atom is 0.433 e. The Bertz CT molecular complexity index is 675. The van der Waals surface area contributed by atoms with Crippen molar-refractivity contribution in [3.05, 3.63) is 11.8 Å². The van der Waals surface area contributed by atoms with Crippen LogP contribution in [0.15, 0.2) is 6.07 Å². The van der Waals surface area contributed by atoms with E-state index in [9.17, 15) is 18.0 Å². The normalized spacial score (nSPS) is 20.7. The molecule has 2 fully saturated rings. The van der Waals surface area contributed by atoms with Crippen molar-refractivity contribution in [3.8, 4) is 0 Å². The van der Waals surface area contributed by atoms with Gasteiger partial charge >= 0.3 is 12.2 Å². The third kappa shape index (κ3) is 4.72. The van der Waals surface area contributed by atoms with Crippen molar-refractivity contribution in [2.45, 2.75) is 37.9 Å². The molecule has 1 aromatic rings. The number of anilines is 2. The lowest BCUT2D eigenvalue weighted by Gasteiger charge is -2.35. The molecule has 0 radical (unpaired) electrons. The van der Waals surface area contributed by atoms with Gasteiger partial charge in [0.15, 0.2) is 5.69 Å². The van der Waals surface area contributed by atoms with E-state index in [1.54, 1.807) is 19.0 Å². The van der Waals surface area contributed by atoms with E-state index in [0.29, 0.717) is 13.1 Å². The maximum atomic E-state index is 13.1. The largest absolute Gasteiger partial charge is 0.433 e. The Balaban J connectivity index is 1.72. The summed E-state index contributed by atoms with van der Waals surface area (Å²) in [6.07, 6.45) is -0.967. The number of nitrogens with one attached hydrogen (secondary N) is 1. The van der Waals surface area contributed by atoms with E-state index in [0.717, 1.165) is 44.8 Å². The first kappa shape index (κ1) is 19.5. The minimum absolute atomic E-state index is 0.0120. The highest BCUT2D eigenvalue weighted by Gasteiger charge is 2.34. The minimum Gasteiger partial charge on any atom is -0.363 e. The van der Waals surface area contributed by atoms with Crippen LogP contribution in [-0.2, 0) is 6.18 Å². The summed E-state index contributed by atoms with van der Waals surface area (Å²) in [4.78, 5) is 25.5.